The van der Waals surface area contributed by atoms with Gasteiger partial charge in [-0.2, -0.15) is 0 Å². The summed E-state index contributed by atoms with van der Waals surface area (Å²) in [6.45, 7) is 8.69. The van der Waals surface area contributed by atoms with Crippen LogP contribution in [-0.2, 0) is 9.53 Å². The van der Waals surface area contributed by atoms with Crippen molar-refractivity contribution in [2.75, 3.05) is 39.4 Å². The highest BCUT2D eigenvalue weighted by molar-refractivity contribution is 5.77. The molecule has 2 heterocycles. The van der Waals surface area contributed by atoms with Crippen LogP contribution < -0.4 is 14.8 Å². The minimum Gasteiger partial charge on any atom is -0.492 e. The molecule has 1 aromatic rings. The number of nitrogens with zero attached hydrogens (tertiary/aromatic N) is 1. The van der Waals surface area contributed by atoms with E-state index in [-0.39, 0.29) is 17.6 Å². The fourth-order valence-corrected chi connectivity index (χ4v) is 3.55. The van der Waals surface area contributed by atoms with Gasteiger partial charge in [0, 0.05) is 26.2 Å². The SMILES string of the molecule is CC(C)Oc1ccc(OCCN2CCC3(CC2)CC(=O)NCCO3)cc1. The first-order valence-corrected chi connectivity index (χ1v) is 9.57. The van der Waals surface area contributed by atoms with E-state index < -0.39 is 0 Å². The first-order chi connectivity index (χ1) is 12.5. The second-order valence-electron chi connectivity index (χ2n) is 7.39. The third-order valence-electron chi connectivity index (χ3n) is 4.95. The van der Waals surface area contributed by atoms with E-state index in [1.54, 1.807) is 0 Å². The van der Waals surface area contributed by atoms with Crippen LogP contribution in [0.15, 0.2) is 24.3 Å². The van der Waals surface area contributed by atoms with Crippen molar-refractivity contribution in [3.8, 4) is 11.5 Å². The number of carbonyl (C=O) groups is 1. The number of amides is 1. The summed E-state index contributed by atoms with van der Waals surface area (Å²) < 4.78 is 17.5. The van der Waals surface area contributed by atoms with Crippen LogP contribution in [0.2, 0.25) is 0 Å². The zero-order valence-electron chi connectivity index (χ0n) is 15.8. The average molecular weight is 362 g/mol. The number of hydrogen-bond acceptors (Lipinski definition) is 5. The van der Waals surface area contributed by atoms with Crippen LogP contribution in [0.3, 0.4) is 0 Å². The molecule has 2 fully saturated rings. The van der Waals surface area contributed by atoms with Crippen molar-refractivity contribution >= 4 is 5.91 Å². The Labute approximate surface area is 155 Å². The van der Waals surface area contributed by atoms with Crippen LogP contribution in [0.4, 0.5) is 0 Å². The molecule has 1 N–H and O–H groups in total. The number of rotatable bonds is 6. The predicted octanol–water partition coefficient (Wildman–Crippen LogP) is 2.22. The van der Waals surface area contributed by atoms with Gasteiger partial charge >= 0.3 is 0 Å². The summed E-state index contributed by atoms with van der Waals surface area (Å²) in [5.74, 6) is 1.84. The monoisotopic (exact) mass is 362 g/mol. The molecule has 1 amide bonds. The Bertz CT molecular complexity index is 580. The Morgan fingerprint density at radius 1 is 1.19 bits per heavy atom. The second kappa shape index (κ2) is 8.73. The van der Waals surface area contributed by atoms with Crippen LogP contribution >= 0.6 is 0 Å². The maximum atomic E-state index is 11.8. The molecule has 1 aromatic carbocycles. The van der Waals surface area contributed by atoms with Crippen LogP contribution in [0.5, 0.6) is 11.5 Å². The van der Waals surface area contributed by atoms with Crippen molar-refractivity contribution in [2.45, 2.75) is 44.8 Å². The van der Waals surface area contributed by atoms with E-state index in [9.17, 15) is 4.79 Å². The van der Waals surface area contributed by atoms with Crippen molar-refractivity contribution in [3.05, 3.63) is 24.3 Å². The largest absolute Gasteiger partial charge is 0.492 e. The van der Waals surface area contributed by atoms with Crippen LogP contribution in [0.1, 0.15) is 33.1 Å². The fourth-order valence-electron chi connectivity index (χ4n) is 3.55. The summed E-state index contributed by atoms with van der Waals surface area (Å²) in [6.07, 6.45) is 2.47. The van der Waals surface area contributed by atoms with Gasteiger partial charge in [0.25, 0.3) is 0 Å². The number of piperidine rings is 1. The Balaban J connectivity index is 1.39. The lowest BCUT2D eigenvalue weighted by molar-refractivity contribution is -0.128. The van der Waals surface area contributed by atoms with Crippen molar-refractivity contribution in [1.29, 1.82) is 0 Å². The molecule has 2 aliphatic rings. The summed E-state index contributed by atoms with van der Waals surface area (Å²) in [5.41, 5.74) is -0.260. The van der Waals surface area contributed by atoms with Gasteiger partial charge in [-0.1, -0.05) is 0 Å². The number of likely N-dealkylation sites (tertiary alicyclic amines) is 1. The maximum absolute atomic E-state index is 11.8. The average Bonchev–Trinajstić information content (AvgIpc) is 2.79. The molecular formula is C20H30N2O4. The molecule has 0 unspecified atom stereocenters. The van der Waals surface area contributed by atoms with E-state index >= 15 is 0 Å². The summed E-state index contributed by atoms with van der Waals surface area (Å²) in [7, 11) is 0. The topological polar surface area (TPSA) is 60.0 Å². The van der Waals surface area contributed by atoms with Gasteiger partial charge in [-0.3, -0.25) is 9.69 Å². The minimum atomic E-state index is -0.260. The molecule has 6 heteroatoms. The highest BCUT2D eigenvalue weighted by atomic mass is 16.5. The predicted molar refractivity (Wildman–Crippen MR) is 99.7 cm³/mol. The Morgan fingerprint density at radius 2 is 1.88 bits per heavy atom. The van der Waals surface area contributed by atoms with Crippen LogP contribution in [0, 0.1) is 0 Å². The summed E-state index contributed by atoms with van der Waals surface area (Å²) >= 11 is 0. The number of carbonyl (C=O) groups excluding carboxylic acids is 1. The van der Waals surface area contributed by atoms with E-state index in [1.807, 2.05) is 38.1 Å². The first kappa shape index (κ1) is 19.0. The lowest BCUT2D eigenvalue weighted by atomic mass is 9.87. The van der Waals surface area contributed by atoms with Gasteiger partial charge in [0.15, 0.2) is 0 Å². The van der Waals surface area contributed by atoms with E-state index in [1.165, 1.54) is 0 Å². The van der Waals surface area contributed by atoms with Gasteiger partial charge < -0.3 is 19.5 Å². The molecule has 2 saturated heterocycles. The first-order valence-electron chi connectivity index (χ1n) is 9.57. The smallest absolute Gasteiger partial charge is 0.222 e. The third-order valence-corrected chi connectivity index (χ3v) is 4.95. The quantitative estimate of drug-likeness (QED) is 0.841. The normalized spacial score (nSPS) is 20.7. The van der Waals surface area contributed by atoms with Crippen molar-refractivity contribution in [3.63, 3.8) is 0 Å². The molecule has 2 aliphatic heterocycles. The number of ether oxygens (including phenoxy) is 3. The van der Waals surface area contributed by atoms with Gasteiger partial charge in [0.2, 0.25) is 5.91 Å². The summed E-state index contributed by atoms with van der Waals surface area (Å²) in [5, 5.41) is 2.89. The zero-order chi connectivity index (χ0) is 18.4. The Hall–Kier alpha value is -1.79. The lowest BCUT2D eigenvalue weighted by Gasteiger charge is -2.40. The van der Waals surface area contributed by atoms with Gasteiger partial charge in [0.05, 0.1) is 24.7 Å². The standard InChI is InChI=1S/C20H30N2O4/c1-16(2)26-18-5-3-17(4-6-18)24-14-12-22-10-7-20(8-11-22)15-19(23)21-9-13-25-20/h3-6,16H,7-15H2,1-2H3,(H,21,23). The third kappa shape index (κ3) is 5.35. The highest BCUT2D eigenvalue weighted by Gasteiger charge is 2.38. The van der Waals surface area contributed by atoms with Gasteiger partial charge in [-0.05, 0) is 51.0 Å². The van der Waals surface area contributed by atoms with E-state index in [2.05, 4.69) is 10.2 Å². The molecule has 0 radical (unpaired) electrons. The van der Waals surface area contributed by atoms with E-state index in [4.69, 9.17) is 14.2 Å². The number of benzene rings is 1. The minimum absolute atomic E-state index is 0.115. The van der Waals surface area contributed by atoms with Crippen molar-refractivity contribution in [2.24, 2.45) is 0 Å². The van der Waals surface area contributed by atoms with Crippen LogP contribution in [-0.4, -0.2) is 61.9 Å². The number of nitrogens with one attached hydrogen (secondary N) is 1. The molecule has 0 bridgehead atoms. The molecule has 0 saturated carbocycles. The van der Waals surface area contributed by atoms with Gasteiger partial charge in [0.1, 0.15) is 18.1 Å². The van der Waals surface area contributed by atoms with Crippen molar-refractivity contribution < 1.29 is 19.0 Å². The highest BCUT2D eigenvalue weighted by Crippen LogP contribution is 2.30. The Kier molecular flexibility index (Phi) is 6.38. The fraction of sp³-hybridized carbons (Fsp3) is 0.650. The molecule has 6 nitrogen and oxygen atoms in total. The van der Waals surface area contributed by atoms with E-state index in [0.29, 0.717) is 26.2 Å². The second-order valence-corrected chi connectivity index (χ2v) is 7.39. The molecule has 26 heavy (non-hydrogen) atoms. The van der Waals surface area contributed by atoms with E-state index in [0.717, 1.165) is 44.0 Å². The van der Waals surface area contributed by atoms with Gasteiger partial charge in [-0.25, -0.2) is 0 Å². The summed E-state index contributed by atoms with van der Waals surface area (Å²) in [6, 6.07) is 7.77. The maximum Gasteiger partial charge on any atom is 0.222 e. The molecule has 0 aliphatic carbocycles. The molecule has 1 spiro atoms. The summed E-state index contributed by atoms with van der Waals surface area (Å²) in [4.78, 5) is 14.2. The zero-order valence-corrected chi connectivity index (χ0v) is 15.8. The lowest BCUT2D eigenvalue weighted by Crippen LogP contribution is -2.48. The molecule has 144 valence electrons. The molecule has 3 rings (SSSR count). The van der Waals surface area contributed by atoms with Crippen LogP contribution in [0.25, 0.3) is 0 Å². The van der Waals surface area contributed by atoms with Gasteiger partial charge in [-0.15, -0.1) is 0 Å². The molecular weight excluding hydrogens is 332 g/mol. The Morgan fingerprint density at radius 3 is 2.58 bits per heavy atom. The molecule has 0 aromatic heterocycles. The molecule has 0 atom stereocenters. The number of hydrogen-bond donors (Lipinski definition) is 1. The van der Waals surface area contributed by atoms with Crippen molar-refractivity contribution in [1.82, 2.24) is 10.2 Å².